The Morgan fingerprint density at radius 3 is 2.80 bits per heavy atom. The first-order chi connectivity index (χ1) is 9.69. The molecule has 0 aliphatic heterocycles. The van der Waals surface area contributed by atoms with Crippen LogP contribution in [0.3, 0.4) is 0 Å². The average Bonchev–Trinajstić information content (AvgIpc) is 3.01. The SMILES string of the molecule is CNC(Cc1nn(C)c2ccccc12)c1ccc(Br)s1. The van der Waals surface area contributed by atoms with Crippen molar-refractivity contribution in [1.82, 2.24) is 15.1 Å². The number of nitrogens with one attached hydrogen (secondary N) is 1. The van der Waals surface area contributed by atoms with Crippen LogP contribution in [0.15, 0.2) is 40.2 Å². The van der Waals surface area contributed by atoms with Gasteiger partial charge in [0.25, 0.3) is 0 Å². The van der Waals surface area contributed by atoms with Gasteiger partial charge in [0.05, 0.1) is 15.0 Å². The summed E-state index contributed by atoms with van der Waals surface area (Å²) in [7, 11) is 4.01. The van der Waals surface area contributed by atoms with Crippen molar-refractivity contribution < 1.29 is 0 Å². The van der Waals surface area contributed by atoms with Gasteiger partial charge in [-0.2, -0.15) is 5.10 Å². The Morgan fingerprint density at radius 2 is 2.10 bits per heavy atom. The maximum absolute atomic E-state index is 4.68. The molecule has 3 aromatic rings. The molecule has 3 rings (SSSR count). The number of thiophene rings is 1. The highest BCUT2D eigenvalue weighted by Gasteiger charge is 2.16. The van der Waals surface area contributed by atoms with E-state index in [0.717, 1.165) is 12.1 Å². The van der Waals surface area contributed by atoms with E-state index in [1.165, 1.54) is 19.6 Å². The van der Waals surface area contributed by atoms with Crippen molar-refractivity contribution >= 4 is 38.2 Å². The molecule has 0 aliphatic rings. The maximum Gasteiger partial charge on any atom is 0.0722 e. The average molecular weight is 350 g/mol. The number of para-hydroxylation sites is 1. The van der Waals surface area contributed by atoms with Gasteiger partial charge in [0.2, 0.25) is 0 Å². The summed E-state index contributed by atoms with van der Waals surface area (Å²) in [5, 5.41) is 9.32. The van der Waals surface area contributed by atoms with E-state index in [1.807, 2.05) is 18.8 Å². The van der Waals surface area contributed by atoms with Crippen LogP contribution in [0.25, 0.3) is 10.9 Å². The van der Waals surface area contributed by atoms with Crippen molar-refractivity contribution in [3.05, 3.63) is 50.8 Å². The van der Waals surface area contributed by atoms with Crippen LogP contribution in [0.5, 0.6) is 0 Å². The number of aryl methyl sites for hydroxylation is 1. The number of halogens is 1. The van der Waals surface area contributed by atoms with Gasteiger partial charge in [-0.25, -0.2) is 0 Å². The van der Waals surface area contributed by atoms with Crippen LogP contribution in [0.4, 0.5) is 0 Å². The van der Waals surface area contributed by atoms with E-state index in [9.17, 15) is 0 Å². The molecule has 20 heavy (non-hydrogen) atoms. The van der Waals surface area contributed by atoms with E-state index in [2.05, 4.69) is 62.7 Å². The van der Waals surface area contributed by atoms with Crippen molar-refractivity contribution in [2.24, 2.45) is 7.05 Å². The number of likely N-dealkylation sites (N-methyl/N-ethyl adjacent to an activating group) is 1. The lowest BCUT2D eigenvalue weighted by molar-refractivity contribution is 0.588. The molecule has 1 unspecified atom stereocenters. The predicted molar refractivity (Wildman–Crippen MR) is 88.2 cm³/mol. The van der Waals surface area contributed by atoms with Crippen LogP contribution in [0.2, 0.25) is 0 Å². The lowest BCUT2D eigenvalue weighted by Crippen LogP contribution is -2.18. The van der Waals surface area contributed by atoms with Crippen molar-refractivity contribution in [2.45, 2.75) is 12.5 Å². The first-order valence-corrected chi connectivity index (χ1v) is 8.13. The summed E-state index contributed by atoms with van der Waals surface area (Å²) in [6.07, 6.45) is 0.894. The summed E-state index contributed by atoms with van der Waals surface area (Å²) < 4.78 is 3.13. The van der Waals surface area contributed by atoms with Crippen molar-refractivity contribution in [1.29, 1.82) is 0 Å². The zero-order chi connectivity index (χ0) is 14.1. The minimum atomic E-state index is 0.296. The maximum atomic E-state index is 4.68. The van der Waals surface area contributed by atoms with Gasteiger partial charge in [-0.15, -0.1) is 11.3 Å². The standard InChI is InChI=1S/C15H16BrN3S/c1-17-12(14-7-8-15(16)20-14)9-11-10-5-3-4-6-13(10)19(2)18-11/h3-8,12,17H,9H2,1-2H3. The molecular formula is C15H16BrN3S. The Bertz CT molecular complexity index is 732. The first-order valence-electron chi connectivity index (χ1n) is 6.52. The van der Waals surface area contributed by atoms with E-state index in [1.54, 1.807) is 11.3 Å². The second kappa shape index (κ2) is 5.68. The molecule has 0 saturated carbocycles. The summed E-state index contributed by atoms with van der Waals surface area (Å²) in [5.74, 6) is 0. The summed E-state index contributed by atoms with van der Waals surface area (Å²) in [4.78, 5) is 1.33. The van der Waals surface area contributed by atoms with E-state index in [-0.39, 0.29) is 0 Å². The molecule has 2 heterocycles. The number of fused-ring (bicyclic) bond motifs is 1. The van der Waals surface area contributed by atoms with E-state index in [4.69, 9.17) is 0 Å². The molecule has 1 N–H and O–H groups in total. The molecule has 0 saturated heterocycles. The van der Waals surface area contributed by atoms with Crippen LogP contribution in [0.1, 0.15) is 16.6 Å². The fourth-order valence-electron chi connectivity index (χ4n) is 2.49. The highest BCUT2D eigenvalue weighted by Crippen LogP contribution is 2.30. The quantitative estimate of drug-likeness (QED) is 0.773. The summed E-state index contributed by atoms with van der Waals surface area (Å²) in [6, 6.07) is 13.0. The molecule has 5 heteroatoms. The molecule has 0 spiro atoms. The molecule has 2 aromatic heterocycles. The molecule has 1 aromatic carbocycles. The summed E-state index contributed by atoms with van der Waals surface area (Å²) in [6.45, 7) is 0. The van der Waals surface area contributed by atoms with Crippen LogP contribution in [-0.2, 0) is 13.5 Å². The molecule has 0 bridgehead atoms. The second-order valence-corrected chi connectivity index (χ2v) is 7.27. The van der Waals surface area contributed by atoms with Crippen molar-refractivity contribution in [2.75, 3.05) is 7.05 Å². The lowest BCUT2D eigenvalue weighted by Gasteiger charge is -2.13. The normalized spacial score (nSPS) is 12.9. The van der Waals surface area contributed by atoms with Gasteiger partial charge in [-0.3, -0.25) is 4.68 Å². The predicted octanol–water partition coefficient (Wildman–Crippen LogP) is 3.90. The molecule has 0 fully saturated rings. The minimum absolute atomic E-state index is 0.296. The summed E-state index contributed by atoms with van der Waals surface area (Å²) in [5.41, 5.74) is 2.33. The zero-order valence-corrected chi connectivity index (χ0v) is 13.8. The lowest BCUT2D eigenvalue weighted by atomic mass is 10.1. The Morgan fingerprint density at radius 1 is 1.30 bits per heavy atom. The largest absolute Gasteiger partial charge is 0.312 e. The number of nitrogens with zero attached hydrogens (tertiary/aromatic N) is 2. The Balaban J connectivity index is 1.95. The third kappa shape index (κ3) is 2.53. The molecule has 1 atom stereocenters. The van der Waals surface area contributed by atoms with Gasteiger partial charge < -0.3 is 5.32 Å². The van der Waals surface area contributed by atoms with E-state index < -0.39 is 0 Å². The van der Waals surface area contributed by atoms with Crippen molar-refractivity contribution in [3.8, 4) is 0 Å². The fraction of sp³-hybridized carbons (Fsp3) is 0.267. The smallest absolute Gasteiger partial charge is 0.0722 e. The van der Waals surface area contributed by atoms with Crippen LogP contribution >= 0.6 is 27.3 Å². The third-order valence-corrected chi connectivity index (χ3v) is 5.25. The second-order valence-electron chi connectivity index (χ2n) is 4.77. The monoisotopic (exact) mass is 349 g/mol. The topological polar surface area (TPSA) is 29.9 Å². The Kier molecular flexibility index (Phi) is 3.92. The van der Waals surface area contributed by atoms with Crippen LogP contribution in [0, 0.1) is 0 Å². The van der Waals surface area contributed by atoms with Gasteiger partial charge in [0.1, 0.15) is 0 Å². The van der Waals surface area contributed by atoms with Crippen LogP contribution < -0.4 is 5.32 Å². The van der Waals surface area contributed by atoms with Gasteiger partial charge in [-0.05, 0) is 41.2 Å². The number of hydrogen-bond donors (Lipinski definition) is 1. The van der Waals surface area contributed by atoms with Gasteiger partial charge in [0.15, 0.2) is 0 Å². The Hall–Kier alpha value is -1.17. The minimum Gasteiger partial charge on any atom is -0.312 e. The molecule has 0 amide bonds. The van der Waals surface area contributed by atoms with E-state index in [0.29, 0.717) is 6.04 Å². The van der Waals surface area contributed by atoms with Gasteiger partial charge >= 0.3 is 0 Å². The first kappa shape index (κ1) is 13.8. The van der Waals surface area contributed by atoms with Crippen LogP contribution in [-0.4, -0.2) is 16.8 Å². The zero-order valence-electron chi connectivity index (χ0n) is 11.4. The molecule has 0 aliphatic carbocycles. The van der Waals surface area contributed by atoms with Gasteiger partial charge in [0, 0.05) is 29.8 Å². The number of hydrogen-bond acceptors (Lipinski definition) is 3. The van der Waals surface area contributed by atoms with Crippen molar-refractivity contribution in [3.63, 3.8) is 0 Å². The molecule has 104 valence electrons. The molecule has 3 nitrogen and oxygen atoms in total. The number of benzene rings is 1. The fourth-order valence-corrected chi connectivity index (χ4v) is 4.03. The molecular weight excluding hydrogens is 334 g/mol. The highest BCUT2D eigenvalue weighted by molar-refractivity contribution is 9.11. The van der Waals surface area contributed by atoms with Gasteiger partial charge in [-0.1, -0.05) is 18.2 Å². The molecule has 0 radical (unpaired) electrons. The number of aromatic nitrogens is 2. The third-order valence-electron chi connectivity index (χ3n) is 3.52. The number of rotatable bonds is 4. The van der Waals surface area contributed by atoms with E-state index >= 15 is 0 Å². The highest BCUT2D eigenvalue weighted by atomic mass is 79.9. The Labute approximate surface area is 130 Å². The summed E-state index contributed by atoms with van der Waals surface area (Å²) >= 11 is 5.30.